The Morgan fingerprint density at radius 1 is 1.05 bits per heavy atom. The van der Waals surface area contributed by atoms with E-state index in [2.05, 4.69) is 5.32 Å². The van der Waals surface area contributed by atoms with Crippen LogP contribution in [0.1, 0.15) is 18.4 Å². The molecule has 22 heavy (non-hydrogen) atoms. The Labute approximate surface area is 129 Å². The molecule has 2 aromatic rings. The highest BCUT2D eigenvalue weighted by atomic mass is 19.1. The molecule has 1 saturated heterocycles. The molecule has 116 valence electrons. The summed E-state index contributed by atoms with van der Waals surface area (Å²) in [5, 5.41) is 3.33. The Bertz CT molecular complexity index is 639. The van der Waals surface area contributed by atoms with E-state index in [9.17, 15) is 8.78 Å². The van der Waals surface area contributed by atoms with Gasteiger partial charge in [-0.2, -0.15) is 0 Å². The highest BCUT2D eigenvalue weighted by Crippen LogP contribution is 2.27. The summed E-state index contributed by atoms with van der Waals surface area (Å²) in [5.74, 6) is 0.219. The lowest BCUT2D eigenvalue weighted by Crippen LogP contribution is -2.28. The molecule has 4 heteroatoms. The maximum Gasteiger partial charge on any atom is 0.165 e. The SMILES string of the molecule is Fc1cccc(Oc2ccc(CC3CCNCC3)cc2F)c1. The van der Waals surface area contributed by atoms with Crippen LogP contribution in [0.15, 0.2) is 42.5 Å². The molecule has 0 spiro atoms. The van der Waals surface area contributed by atoms with Gasteiger partial charge < -0.3 is 10.1 Å². The second-order valence-corrected chi connectivity index (χ2v) is 5.72. The van der Waals surface area contributed by atoms with E-state index in [1.807, 2.05) is 6.07 Å². The molecular weight excluding hydrogens is 284 g/mol. The minimum Gasteiger partial charge on any atom is -0.454 e. The summed E-state index contributed by atoms with van der Waals surface area (Å²) in [5.41, 5.74) is 0.982. The van der Waals surface area contributed by atoms with Gasteiger partial charge in [-0.25, -0.2) is 8.78 Å². The van der Waals surface area contributed by atoms with Crippen LogP contribution in [-0.4, -0.2) is 13.1 Å². The molecule has 0 amide bonds. The molecule has 0 saturated carbocycles. The summed E-state index contributed by atoms with van der Waals surface area (Å²) in [7, 11) is 0. The zero-order chi connectivity index (χ0) is 15.4. The first-order valence-corrected chi connectivity index (χ1v) is 7.63. The Balaban J connectivity index is 1.69. The first-order chi connectivity index (χ1) is 10.7. The van der Waals surface area contributed by atoms with Gasteiger partial charge in [0.2, 0.25) is 0 Å². The monoisotopic (exact) mass is 303 g/mol. The van der Waals surface area contributed by atoms with Gasteiger partial charge in [0.15, 0.2) is 11.6 Å². The molecule has 3 rings (SSSR count). The van der Waals surface area contributed by atoms with E-state index in [0.29, 0.717) is 11.7 Å². The number of ether oxygens (including phenoxy) is 1. The predicted octanol–water partition coefficient (Wildman–Crippen LogP) is 4.30. The summed E-state index contributed by atoms with van der Waals surface area (Å²) in [6.07, 6.45) is 3.14. The van der Waals surface area contributed by atoms with Gasteiger partial charge in [-0.15, -0.1) is 0 Å². The first-order valence-electron chi connectivity index (χ1n) is 7.63. The minimum absolute atomic E-state index is 0.125. The van der Waals surface area contributed by atoms with Crippen molar-refractivity contribution in [3.8, 4) is 11.5 Å². The van der Waals surface area contributed by atoms with Crippen molar-refractivity contribution >= 4 is 0 Å². The average Bonchev–Trinajstić information content (AvgIpc) is 2.51. The van der Waals surface area contributed by atoms with Crippen LogP contribution in [0.3, 0.4) is 0 Å². The maximum atomic E-state index is 14.2. The predicted molar refractivity (Wildman–Crippen MR) is 82.2 cm³/mol. The van der Waals surface area contributed by atoms with Crippen LogP contribution in [0.2, 0.25) is 0 Å². The van der Waals surface area contributed by atoms with Crippen LogP contribution in [-0.2, 0) is 6.42 Å². The van der Waals surface area contributed by atoms with Gasteiger partial charge in [-0.1, -0.05) is 12.1 Å². The molecule has 1 N–H and O–H groups in total. The Morgan fingerprint density at radius 2 is 1.86 bits per heavy atom. The Hall–Kier alpha value is -1.94. The maximum absolute atomic E-state index is 14.2. The molecular formula is C18H19F2NO. The smallest absolute Gasteiger partial charge is 0.165 e. The zero-order valence-electron chi connectivity index (χ0n) is 12.3. The van der Waals surface area contributed by atoms with Crippen LogP contribution < -0.4 is 10.1 Å². The van der Waals surface area contributed by atoms with Gasteiger partial charge in [0.05, 0.1) is 0 Å². The average molecular weight is 303 g/mol. The van der Waals surface area contributed by atoms with Crippen molar-refractivity contribution in [2.75, 3.05) is 13.1 Å². The van der Waals surface area contributed by atoms with Crippen LogP contribution in [0.4, 0.5) is 8.78 Å². The minimum atomic E-state index is -0.407. The number of hydrogen-bond donors (Lipinski definition) is 1. The molecule has 1 heterocycles. The van der Waals surface area contributed by atoms with Crippen LogP contribution >= 0.6 is 0 Å². The number of hydrogen-bond acceptors (Lipinski definition) is 2. The molecule has 0 radical (unpaired) electrons. The summed E-state index contributed by atoms with van der Waals surface area (Å²) < 4.78 is 32.7. The number of halogens is 2. The number of rotatable bonds is 4. The summed E-state index contributed by atoms with van der Waals surface area (Å²) in [4.78, 5) is 0. The normalized spacial score (nSPS) is 15.7. The lowest BCUT2D eigenvalue weighted by atomic mass is 9.91. The van der Waals surface area contributed by atoms with Crippen molar-refractivity contribution in [2.45, 2.75) is 19.3 Å². The lowest BCUT2D eigenvalue weighted by Gasteiger charge is -2.22. The fraction of sp³-hybridized carbons (Fsp3) is 0.333. The van der Waals surface area contributed by atoms with Crippen molar-refractivity contribution in [1.82, 2.24) is 5.32 Å². The van der Waals surface area contributed by atoms with Gasteiger partial charge >= 0.3 is 0 Å². The largest absolute Gasteiger partial charge is 0.454 e. The van der Waals surface area contributed by atoms with Crippen molar-refractivity contribution in [3.63, 3.8) is 0 Å². The molecule has 0 unspecified atom stereocenters. The third-order valence-corrected chi connectivity index (χ3v) is 4.00. The highest BCUT2D eigenvalue weighted by molar-refractivity contribution is 5.34. The second kappa shape index (κ2) is 6.88. The number of benzene rings is 2. The van der Waals surface area contributed by atoms with E-state index in [1.54, 1.807) is 12.1 Å². The fourth-order valence-electron chi connectivity index (χ4n) is 2.83. The summed E-state index contributed by atoms with van der Waals surface area (Å²) in [6, 6.07) is 10.7. The van der Waals surface area contributed by atoms with Crippen LogP contribution in [0, 0.1) is 17.6 Å². The quantitative estimate of drug-likeness (QED) is 0.909. The van der Waals surface area contributed by atoms with Crippen LogP contribution in [0.5, 0.6) is 11.5 Å². The van der Waals surface area contributed by atoms with E-state index >= 15 is 0 Å². The standard InChI is InChI=1S/C18H19F2NO/c19-15-2-1-3-16(12-15)22-18-5-4-14(11-17(18)20)10-13-6-8-21-9-7-13/h1-5,11-13,21H,6-10H2. The van der Waals surface area contributed by atoms with E-state index in [-0.39, 0.29) is 5.75 Å². The molecule has 0 aliphatic carbocycles. The number of piperidine rings is 1. The molecule has 0 atom stereocenters. The fourth-order valence-corrected chi connectivity index (χ4v) is 2.83. The van der Waals surface area contributed by atoms with Gasteiger partial charge in [-0.3, -0.25) is 0 Å². The molecule has 0 aromatic heterocycles. The van der Waals surface area contributed by atoms with Crippen molar-refractivity contribution in [2.24, 2.45) is 5.92 Å². The third kappa shape index (κ3) is 3.83. The van der Waals surface area contributed by atoms with Crippen LogP contribution in [0.25, 0.3) is 0 Å². The first kappa shape index (κ1) is 15.0. The summed E-state index contributed by atoms with van der Waals surface area (Å²) >= 11 is 0. The molecule has 2 aromatic carbocycles. The third-order valence-electron chi connectivity index (χ3n) is 4.00. The van der Waals surface area contributed by atoms with E-state index in [4.69, 9.17) is 4.74 Å². The van der Waals surface area contributed by atoms with E-state index in [0.717, 1.165) is 37.9 Å². The van der Waals surface area contributed by atoms with Crippen molar-refractivity contribution in [3.05, 3.63) is 59.7 Å². The van der Waals surface area contributed by atoms with Gasteiger partial charge in [0.25, 0.3) is 0 Å². The van der Waals surface area contributed by atoms with Gasteiger partial charge in [-0.05, 0) is 68.1 Å². The second-order valence-electron chi connectivity index (χ2n) is 5.72. The molecule has 1 fully saturated rings. The lowest BCUT2D eigenvalue weighted by molar-refractivity contribution is 0.371. The van der Waals surface area contributed by atoms with E-state index < -0.39 is 11.6 Å². The molecule has 2 nitrogen and oxygen atoms in total. The zero-order valence-corrected chi connectivity index (χ0v) is 12.3. The van der Waals surface area contributed by atoms with Gasteiger partial charge in [0.1, 0.15) is 11.6 Å². The van der Waals surface area contributed by atoms with Crippen molar-refractivity contribution < 1.29 is 13.5 Å². The van der Waals surface area contributed by atoms with Crippen molar-refractivity contribution in [1.29, 1.82) is 0 Å². The molecule has 1 aliphatic heterocycles. The highest BCUT2D eigenvalue weighted by Gasteiger charge is 2.15. The number of nitrogens with one attached hydrogen (secondary N) is 1. The Morgan fingerprint density at radius 3 is 2.59 bits per heavy atom. The summed E-state index contributed by atoms with van der Waals surface area (Å²) in [6.45, 7) is 2.07. The molecule has 1 aliphatic rings. The molecule has 0 bridgehead atoms. The van der Waals surface area contributed by atoms with E-state index in [1.165, 1.54) is 24.3 Å². The van der Waals surface area contributed by atoms with Gasteiger partial charge in [0, 0.05) is 6.07 Å². The topological polar surface area (TPSA) is 21.3 Å². The Kier molecular flexibility index (Phi) is 4.68.